The highest BCUT2D eigenvalue weighted by atomic mass is 16.4. The number of aryl methyl sites for hydroxylation is 1. The van der Waals surface area contributed by atoms with Crippen LogP contribution in [0.2, 0.25) is 0 Å². The minimum Gasteiger partial charge on any atom is -0.465 e. The highest BCUT2D eigenvalue weighted by Crippen LogP contribution is 2.21. The second kappa shape index (κ2) is 4.13. The molecule has 0 bridgehead atoms. The number of carbonyl (C=O) groups is 1. The van der Waals surface area contributed by atoms with Gasteiger partial charge in [0.15, 0.2) is 0 Å². The lowest BCUT2D eigenvalue weighted by Gasteiger charge is -2.11. The second-order valence-corrected chi connectivity index (χ2v) is 3.66. The molecule has 1 rings (SSSR count). The van der Waals surface area contributed by atoms with Crippen LogP contribution in [-0.4, -0.2) is 11.2 Å². The molecule has 0 aromatic heterocycles. The summed E-state index contributed by atoms with van der Waals surface area (Å²) >= 11 is 0. The molecule has 0 aliphatic carbocycles. The predicted molar refractivity (Wildman–Crippen MR) is 56.9 cm³/mol. The smallest absolute Gasteiger partial charge is 0.409 e. The maximum atomic E-state index is 10.4. The maximum absolute atomic E-state index is 10.4. The molecule has 2 N–H and O–H groups in total. The summed E-state index contributed by atoms with van der Waals surface area (Å²) in [6, 6.07) is 5.60. The van der Waals surface area contributed by atoms with E-state index in [1.807, 2.05) is 19.1 Å². The van der Waals surface area contributed by atoms with Crippen molar-refractivity contribution in [1.82, 2.24) is 0 Å². The summed E-state index contributed by atoms with van der Waals surface area (Å²) in [5.74, 6) is 0.467. The van der Waals surface area contributed by atoms with Gasteiger partial charge in [-0.1, -0.05) is 19.9 Å². The largest absolute Gasteiger partial charge is 0.465 e. The van der Waals surface area contributed by atoms with E-state index >= 15 is 0 Å². The Kier molecular flexibility index (Phi) is 3.12. The third-order valence-corrected chi connectivity index (χ3v) is 2.14. The Hall–Kier alpha value is -1.51. The maximum Gasteiger partial charge on any atom is 0.409 e. The van der Waals surface area contributed by atoms with Gasteiger partial charge in [0.1, 0.15) is 0 Å². The van der Waals surface area contributed by atoms with Gasteiger partial charge >= 0.3 is 6.09 Å². The van der Waals surface area contributed by atoms with Crippen molar-refractivity contribution in [3.8, 4) is 0 Å². The number of benzene rings is 1. The minimum absolute atomic E-state index is 0.467. The number of nitrogens with one attached hydrogen (secondary N) is 1. The highest BCUT2D eigenvalue weighted by molar-refractivity contribution is 5.83. The first-order valence-electron chi connectivity index (χ1n) is 4.61. The van der Waals surface area contributed by atoms with Crippen molar-refractivity contribution in [3.63, 3.8) is 0 Å². The number of amides is 1. The Bertz CT molecular complexity index is 345. The molecule has 0 radical (unpaired) electrons. The average molecular weight is 193 g/mol. The Labute approximate surface area is 83.8 Å². The zero-order valence-corrected chi connectivity index (χ0v) is 8.66. The minimum atomic E-state index is -1.03. The summed E-state index contributed by atoms with van der Waals surface area (Å²) in [5, 5.41) is 10.9. The second-order valence-electron chi connectivity index (χ2n) is 3.66. The summed E-state index contributed by atoms with van der Waals surface area (Å²) < 4.78 is 0. The molecule has 0 heterocycles. The number of rotatable bonds is 2. The van der Waals surface area contributed by atoms with Crippen molar-refractivity contribution < 1.29 is 9.90 Å². The number of anilines is 1. The van der Waals surface area contributed by atoms with Crippen molar-refractivity contribution in [1.29, 1.82) is 0 Å². The third kappa shape index (κ3) is 2.49. The summed E-state index contributed by atoms with van der Waals surface area (Å²) in [6.07, 6.45) is -1.03. The monoisotopic (exact) mass is 193 g/mol. The van der Waals surface area contributed by atoms with Crippen LogP contribution in [0.3, 0.4) is 0 Å². The molecule has 0 unspecified atom stereocenters. The predicted octanol–water partition coefficient (Wildman–Crippen LogP) is 3.21. The Morgan fingerprint density at radius 2 is 2.07 bits per heavy atom. The van der Waals surface area contributed by atoms with E-state index in [0.717, 1.165) is 5.56 Å². The highest BCUT2D eigenvalue weighted by Gasteiger charge is 2.04. The van der Waals surface area contributed by atoms with E-state index in [1.165, 1.54) is 5.56 Å². The zero-order valence-electron chi connectivity index (χ0n) is 8.66. The van der Waals surface area contributed by atoms with Gasteiger partial charge in [-0.25, -0.2) is 4.79 Å². The SMILES string of the molecule is Cc1cc(NC(=O)O)ccc1C(C)C. The summed E-state index contributed by atoms with van der Waals surface area (Å²) in [6.45, 7) is 6.22. The van der Waals surface area contributed by atoms with Gasteiger partial charge < -0.3 is 5.11 Å². The molecule has 0 saturated heterocycles. The van der Waals surface area contributed by atoms with Crippen molar-refractivity contribution in [2.75, 3.05) is 5.32 Å². The van der Waals surface area contributed by atoms with Crippen molar-refractivity contribution in [2.45, 2.75) is 26.7 Å². The average Bonchev–Trinajstić information content (AvgIpc) is 2.01. The van der Waals surface area contributed by atoms with Crippen LogP contribution in [0.1, 0.15) is 30.9 Å². The quantitative estimate of drug-likeness (QED) is 0.757. The summed E-state index contributed by atoms with van der Waals surface area (Å²) in [7, 11) is 0. The van der Waals surface area contributed by atoms with E-state index in [4.69, 9.17) is 5.11 Å². The standard InChI is InChI=1S/C11H15NO2/c1-7(2)10-5-4-9(6-8(10)3)12-11(13)14/h4-7,12H,1-3H3,(H,13,14). The van der Waals surface area contributed by atoms with Gasteiger partial charge in [-0.2, -0.15) is 0 Å². The molecule has 3 nitrogen and oxygen atoms in total. The lowest BCUT2D eigenvalue weighted by atomic mass is 9.98. The van der Waals surface area contributed by atoms with Crippen LogP contribution in [0.25, 0.3) is 0 Å². The van der Waals surface area contributed by atoms with Gasteiger partial charge in [-0.3, -0.25) is 5.32 Å². The lowest BCUT2D eigenvalue weighted by Crippen LogP contribution is -2.07. The normalized spacial score (nSPS) is 10.3. The van der Waals surface area contributed by atoms with Crippen LogP contribution in [-0.2, 0) is 0 Å². The van der Waals surface area contributed by atoms with Gasteiger partial charge in [0.25, 0.3) is 0 Å². The van der Waals surface area contributed by atoms with Crippen LogP contribution < -0.4 is 5.32 Å². The topological polar surface area (TPSA) is 49.3 Å². The van der Waals surface area contributed by atoms with Crippen molar-refractivity contribution in [2.24, 2.45) is 0 Å². The van der Waals surface area contributed by atoms with Gasteiger partial charge in [0.05, 0.1) is 0 Å². The van der Waals surface area contributed by atoms with Crippen LogP contribution in [0, 0.1) is 6.92 Å². The van der Waals surface area contributed by atoms with E-state index in [1.54, 1.807) is 6.07 Å². The molecular weight excluding hydrogens is 178 g/mol. The fraction of sp³-hybridized carbons (Fsp3) is 0.364. The zero-order chi connectivity index (χ0) is 10.7. The number of hydrogen-bond donors (Lipinski definition) is 2. The number of carboxylic acid groups (broad SMARTS) is 1. The first kappa shape index (κ1) is 10.6. The molecule has 0 aliphatic rings. The van der Waals surface area contributed by atoms with Gasteiger partial charge in [-0.05, 0) is 36.1 Å². The van der Waals surface area contributed by atoms with E-state index < -0.39 is 6.09 Å². The fourth-order valence-electron chi connectivity index (χ4n) is 1.52. The fourth-order valence-corrected chi connectivity index (χ4v) is 1.52. The Balaban J connectivity index is 2.94. The molecule has 14 heavy (non-hydrogen) atoms. The van der Waals surface area contributed by atoms with Crippen LogP contribution in [0.5, 0.6) is 0 Å². The van der Waals surface area contributed by atoms with E-state index in [2.05, 4.69) is 19.2 Å². The molecular formula is C11H15NO2. The van der Waals surface area contributed by atoms with Crippen molar-refractivity contribution >= 4 is 11.8 Å². The molecule has 1 aromatic rings. The number of hydrogen-bond acceptors (Lipinski definition) is 1. The van der Waals surface area contributed by atoms with Crippen LogP contribution in [0.15, 0.2) is 18.2 Å². The molecule has 1 amide bonds. The molecule has 0 saturated carbocycles. The van der Waals surface area contributed by atoms with E-state index in [-0.39, 0.29) is 0 Å². The van der Waals surface area contributed by atoms with Crippen LogP contribution >= 0.6 is 0 Å². The van der Waals surface area contributed by atoms with Gasteiger partial charge in [0.2, 0.25) is 0 Å². The lowest BCUT2D eigenvalue weighted by molar-refractivity contribution is 0.210. The molecule has 0 aliphatic heterocycles. The molecule has 76 valence electrons. The summed E-state index contributed by atoms with van der Waals surface area (Å²) in [4.78, 5) is 10.4. The van der Waals surface area contributed by atoms with Gasteiger partial charge in [-0.15, -0.1) is 0 Å². The molecule has 3 heteroatoms. The Morgan fingerprint density at radius 3 is 2.50 bits per heavy atom. The first-order valence-corrected chi connectivity index (χ1v) is 4.61. The molecule has 0 atom stereocenters. The molecule has 0 fully saturated rings. The van der Waals surface area contributed by atoms with E-state index in [0.29, 0.717) is 11.6 Å². The first-order chi connectivity index (χ1) is 6.50. The van der Waals surface area contributed by atoms with Gasteiger partial charge in [0, 0.05) is 5.69 Å². The van der Waals surface area contributed by atoms with E-state index in [9.17, 15) is 4.79 Å². The Morgan fingerprint density at radius 1 is 1.43 bits per heavy atom. The molecule has 0 spiro atoms. The van der Waals surface area contributed by atoms with Crippen LogP contribution in [0.4, 0.5) is 10.5 Å². The summed E-state index contributed by atoms with van der Waals surface area (Å²) in [5.41, 5.74) is 2.99. The molecule has 1 aromatic carbocycles. The van der Waals surface area contributed by atoms with Crippen molar-refractivity contribution in [3.05, 3.63) is 29.3 Å². The third-order valence-electron chi connectivity index (χ3n) is 2.14.